The van der Waals surface area contributed by atoms with Crippen molar-refractivity contribution in [3.05, 3.63) is 12.2 Å². The summed E-state index contributed by atoms with van der Waals surface area (Å²) in [5.74, 6) is 2.94. The molecule has 0 fully saturated rings. The number of hydrogen-bond donors (Lipinski definition) is 0. The zero-order valence-corrected chi connectivity index (χ0v) is 20.8. The molecule has 1 atom stereocenters. The molecule has 0 aromatic heterocycles. The molecule has 0 aromatic rings. The van der Waals surface area contributed by atoms with E-state index < -0.39 is 8.32 Å². The normalized spacial score (nSPS) is 13.3. The number of carbonyl (C=O) groups is 1. The van der Waals surface area contributed by atoms with E-state index in [0.29, 0.717) is 6.61 Å². The molecule has 0 spiro atoms. The summed E-state index contributed by atoms with van der Waals surface area (Å²) in [4.78, 5) is 13.5. The van der Waals surface area contributed by atoms with Gasteiger partial charge in [-0.05, 0) is 48.3 Å². The molecule has 0 aliphatic heterocycles. The number of halogens is 1. The van der Waals surface area contributed by atoms with Gasteiger partial charge in [-0.1, -0.05) is 64.9 Å². The minimum Gasteiger partial charge on any atom is -0.466 e. The van der Waals surface area contributed by atoms with Gasteiger partial charge in [-0.2, -0.15) is 0 Å². The molecule has 0 aliphatic rings. The van der Waals surface area contributed by atoms with Crippen LogP contribution in [0.3, 0.4) is 0 Å². The second-order valence-electron chi connectivity index (χ2n) is 8.57. The van der Waals surface area contributed by atoms with E-state index in [4.69, 9.17) is 9.16 Å². The molecule has 0 rings (SSSR count). The average molecular weight is 460 g/mol. The molecule has 27 heavy (non-hydrogen) atoms. The number of allylic oxidation sites excluding steroid dienone is 1. The average Bonchev–Trinajstić information content (AvgIpc) is 2.54. The first-order valence-corrected chi connectivity index (χ1v) is 13.9. The molecular weight excluding hydrogens is 420 g/mol. The van der Waals surface area contributed by atoms with Gasteiger partial charge in [0.1, 0.15) is 6.10 Å². The van der Waals surface area contributed by atoms with Gasteiger partial charge in [0, 0.05) is 22.9 Å². The van der Waals surface area contributed by atoms with Gasteiger partial charge in [-0.15, -0.1) is 0 Å². The molecule has 0 radical (unpaired) electrons. The van der Waals surface area contributed by atoms with Crippen LogP contribution in [0.5, 0.6) is 0 Å². The van der Waals surface area contributed by atoms with E-state index in [-0.39, 0.29) is 17.1 Å². The molecule has 0 aromatic carbocycles. The van der Waals surface area contributed by atoms with Gasteiger partial charge in [0.25, 0.3) is 0 Å². The van der Waals surface area contributed by atoms with Crippen molar-refractivity contribution in [2.24, 2.45) is 0 Å². The van der Waals surface area contributed by atoms with Gasteiger partial charge in [0.15, 0.2) is 8.32 Å². The maximum atomic E-state index is 10.7. The lowest BCUT2D eigenvalue weighted by Gasteiger charge is -2.37. The highest BCUT2D eigenvalue weighted by Crippen LogP contribution is 2.37. The largest absolute Gasteiger partial charge is 0.466 e. The van der Waals surface area contributed by atoms with E-state index in [1.807, 2.05) is 0 Å². The molecule has 3 nitrogen and oxygen atoms in total. The van der Waals surface area contributed by atoms with Crippen LogP contribution in [0, 0.1) is 10.8 Å². The fourth-order valence-corrected chi connectivity index (χ4v) is 3.70. The monoisotopic (exact) mass is 458 g/mol. The second kappa shape index (κ2) is 14.4. The third-order valence-corrected chi connectivity index (χ3v) is 9.74. The van der Waals surface area contributed by atoms with Crippen molar-refractivity contribution in [1.29, 1.82) is 0 Å². The molecule has 0 saturated heterocycles. The van der Waals surface area contributed by atoms with Crippen LogP contribution in [0.2, 0.25) is 18.1 Å². The Labute approximate surface area is 176 Å². The Morgan fingerprint density at radius 3 is 2.15 bits per heavy atom. The molecule has 0 amide bonds. The first-order chi connectivity index (χ1) is 12.6. The Morgan fingerprint density at radius 1 is 1.07 bits per heavy atom. The van der Waals surface area contributed by atoms with E-state index in [1.54, 1.807) is 0 Å². The summed E-state index contributed by atoms with van der Waals surface area (Å²) in [5, 5.41) is 0.186. The van der Waals surface area contributed by atoms with E-state index in [2.05, 4.69) is 72.7 Å². The topological polar surface area (TPSA) is 35.5 Å². The van der Waals surface area contributed by atoms with Crippen molar-refractivity contribution >= 4 is 30.2 Å². The lowest BCUT2D eigenvalue weighted by Crippen LogP contribution is -2.43. The third kappa shape index (κ3) is 14.1. The smallest absolute Gasteiger partial charge is 0.302 e. The number of hydrogen-bond acceptors (Lipinski definition) is 3. The van der Waals surface area contributed by atoms with Gasteiger partial charge in [-0.3, -0.25) is 4.79 Å². The van der Waals surface area contributed by atoms with Crippen LogP contribution in [0.25, 0.3) is 0 Å². The second-order valence-corrected chi connectivity index (χ2v) is 13.7. The summed E-state index contributed by atoms with van der Waals surface area (Å²) in [6.07, 6.45) is 13.6. The number of rotatable bonds is 13. The first-order valence-electron chi connectivity index (χ1n) is 10.2. The lowest BCUT2D eigenvalue weighted by atomic mass is 10.1. The van der Waals surface area contributed by atoms with Gasteiger partial charge < -0.3 is 9.16 Å². The third-order valence-electron chi connectivity index (χ3n) is 5.06. The Hall–Kier alpha value is -0.573. The van der Waals surface area contributed by atoms with Gasteiger partial charge in [0.2, 0.25) is 0 Å². The van der Waals surface area contributed by atoms with Crippen LogP contribution in [-0.4, -0.2) is 27.0 Å². The van der Waals surface area contributed by atoms with E-state index in [1.165, 1.54) is 39.0 Å². The zero-order valence-electron chi connectivity index (χ0n) is 18.2. The maximum absolute atomic E-state index is 10.7. The molecule has 5 heteroatoms. The SMILES string of the molecule is CC(=O)OCCCCCCCCC/C=C/[C@@H](C#CBr)O[Si](C)(C)C(C)(C)C. The summed E-state index contributed by atoms with van der Waals surface area (Å²) >= 11 is 3.20. The highest BCUT2D eigenvalue weighted by molar-refractivity contribution is 9.12. The standard InChI is InChI=1S/C22H39BrO3Si/c1-20(24)25-19-15-13-11-9-7-8-10-12-14-16-21(17-18-23)26-27(5,6)22(2,3)4/h14,16,21H,7-13,15,19H2,1-6H3/b16-14+/t21-/m0/s1. The van der Waals surface area contributed by atoms with Gasteiger partial charge in [-0.25, -0.2) is 0 Å². The van der Waals surface area contributed by atoms with Crippen LogP contribution in [0.1, 0.15) is 79.1 Å². The predicted molar refractivity (Wildman–Crippen MR) is 121 cm³/mol. The molecule has 0 aliphatic carbocycles. The number of esters is 1. The quantitative estimate of drug-likeness (QED) is 0.0981. The zero-order chi connectivity index (χ0) is 20.8. The maximum Gasteiger partial charge on any atom is 0.302 e. The van der Waals surface area contributed by atoms with Crippen molar-refractivity contribution < 1.29 is 14.0 Å². The molecular formula is C22H39BrO3Si. The number of ether oxygens (including phenoxy) is 1. The fourth-order valence-electron chi connectivity index (χ4n) is 2.35. The molecule has 0 unspecified atom stereocenters. The van der Waals surface area contributed by atoms with Crippen LogP contribution in [0.15, 0.2) is 12.2 Å². The van der Waals surface area contributed by atoms with Crippen molar-refractivity contribution in [1.82, 2.24) is 0 Å². The molecule has 0 heterocycles. The van der Waals surface area contributed by atoms with E-state index >= 15 is 0 Å². The van der Waals surface area contributed by atoms with Crippen LogP contribution in [0.4, 0.5) is 0 Å². The molecule has 0 N–H and O–H groups in total. The van der Waals surface area contributed by atoms with E-state index in [0.717, 1.165) is 19.3 Å². The van der Waals surface area contributed by atoms with Crippen LogP contribution >= 0.6 is 15.9 Å². The highest BCUT2D eigenvalue weighted by atomic mass is 79.9. The summed E-state index contributed by atoms with van der Waals surface area (Å²) in [7, 11) is -1.81. The molecule has 156 valence electrons. The van der Waals surface area contributed by atoms with Crippen molar-refractivity contribution in [2.45, 2.75) is 103 Å². The predicted octanol–water partition coefficient (Wildman–Crippen LogP) is 6.97. The first kappa shape index (κ1) is 26.4. The van der Waals surface area contributed by atoms with Gasteiger partial charge >= 0.3 is 5.97 Å². The summed E-state index contributed by atoms with van der Waals surface area (Å²) < 4.78 is 11.3. The Morgan fingerprint density at radius 2 is 1.63 bits per heavy atom. The Balaban J connectivity index is 3.91. The molecule has 0 bridgehead atoms. The highest BCUT2D eigenvalue weighted by Gasteiger charge is 2.38. The van der Waals surface area contributed by atoms with Crippen molar-refractivity contribution in [3.63, 3.8) is 0 Å². The summed E-state index contributed by atoms with van der Waals surface area (Å²) in [5.41, 5.74) is 0. The number of unbranched alkanes of at least 4 members (excludes halogenated alkanes) is 7. The fraction of sp³-hybridized carbons (Fsp3) is 0.773. The summed E-state index contributed by atoms with van der Waals surface area (Å²) in [6, 6.07) is 0. The van der Waals surface area contributed by atoms with Crippen LogP contribution < -0.4 is 0 Å². The molecule has 0 saturated carbocycles. The minimum atomic E-state index is -1.81. The minimum absolute atomic E-state index is 0.123. The number of carbonyl (C=O) groups excluding carboxylic acids is 1. The Kier molecular flexibility index (Phi) is 14.1. The Bertz CT molecular complexity index is 498. The lowest BCUT2D eigenvalue weighted by molar-refractivity contribution is -0.141. The van der Waals surface area contributed by atoms with E-state index in [9.17, 15) is 4.79 Å². The van der Waals surface area contributed by atoms with Crippen molar-refractivity contribution in [3.8, 4) is 10.8 Å². The van der Waals surface area contributed by atoms with Crippen molar-refractivity contribution in [2.75, 3.05) is 6.61 Å². The van der Waals surface area contributed by atoms with Crippen LogP contribution in [-0.2, 0) is 14.0 Å². The van der Waals surface area contributed by atoms with Gasteiger partial charge in [0.05, 0.1) is 6.61 Å². The summed E-state index contributed by atoms with van der Waals surface area (Å²) in [6.45, 7) is 13.3.